The molecule has 8 nitrogen and oxygen atoms in total. The van der Waals surface area contributed by atoms with E-state index in [4.69, 9.17) is 0 Å². The number of nitrogens with one attached hydrogen (secondary N) is 1. The molecular weight excluding hydrogens is 318 g/mol. The van der Waals surface area contributed by atoms with Gasteiger partial charge in [-0.05, 0) is 31.9 Å². The van der Waals surface area contributed by atoms with E-state index in [9.17, 15) is 4.79 Å². The highest BCUT2D eigenvalue weighted by molar-refractivity contribution is 5.78. The fourth-order valence-corrected chi connectivity index (χ4v) is 3.94. The molecule has 3 heterocycles. The zero-order chi connectivity index (χ0) is 17.2. The zero-order valence-corrected chi connectivity index (χ0v) is 14.6. The topological polar surface area (TPSA) is 78.7 Å². The van der Waals surface area contributed by atoms with Crippen LogP contribution in [0.2, 0.25) is 0 Å². The molecule has 25 heavy (non-hydrogen) atoms. The molecule has 0 spiro atoms. The van der Waals surface area contributed by atoms with E-state index in [2.05, 4.69) is 37.3 Å². The molecule has 0 radical (unpaired) electrons. The Bertz CT molecular complexity index is 739. The highest BCUT2D eigenvalue weighted by atomic mass is 16.2. The number of amides is 1. The van der Waals surface area contributed by atoms with Crippen molar-refractivity contribution >= 4 is 17.4 Å². The number of hydrogen-bond acceptors (Lipinski definition) is 6. The molecule has 8 heteroatoms. The predicted molar refractivity (Wildman–Crippen MR) is 94.4 cm³/mol. The Balaban J connectivity index is 1.34. The second kappa shape index (κ2) is 6.95. The Kier molecular flexibility index (Phi) is 4.52. The summed E-state index contributed by atoms with van der Waals surface area (Å²) in [5.41, 5.74) is 0.749. The van der Waals surface area contributed by atoms with Crippen LogP contribution >= 0.6 is 0 Å². The summed E-state index contributed by atoms with van der Waals surface area (Å²) in [4.78, 5) is 16.8. The van der Waals surface area contributed by atoms with Crippen LogP contribution in [0.1, 0.15) is 32.6 Å². The van der Waals surface area contributed by atoms with E-state index in [1.165, 1.54) is 12.8 Å². The van der Waals surface area contributed by atoms with Crippen LogP contribution in [0, 0.1) is 0 Å². The summed E-state index contributed by atoms with van der Waals surface area (Å²) in [6, 6.07) is 4.62. The molecule has 0 bridgehead atoms. The van der Waals surface area contributed by atoms with Gasteiger partial charge in [-0.25, -0.2) is 0 Å². The molecular formula is C17H25N7O. The number of rotatable bonds is 4. The molecule has 4 rings (SSSR count). The lowest BCUT2D eigenvalue weighted by Crippen LogP contribution is -2.54. The largest absolute Gasteiger partial charge is 0.352 e. The zero-order valence-electron chi connectivity index (χ0n) is 14.6. The maximum Gasteiger partial charge on any atom is 0.234 e. The summed E-state index contributed by atoms with van der Waals surface area (Å²) in [7, 11) is 0. The predicted octanol–water partition coefficient (Wildman–Crippen LogP) is 0.694. The van der Waals surface area contributed by atoms with Crippen LogP contribution in [0.25, 0.3) is 5.65 Å². The molecule has 0 aromatic carbocycles. The van der Waals surface area contributed by atoms with Crippen molar-refractivity contribution < 1.29 is 4.79 Å². The smallest absolute Gasteiger partial charge is 0.234 e. The van der Waals surface area contributed by atoms with E-state index in [0.717, 1.165) is 43.9 Å². The number of hydrogen-bond donors (Lipinski definition) is 1. The van der Waals surface area contributed by atoms with E-state index >= 15 is 0 Å². The summed E-state index contributed by atoms with van der Waals surface area (Å²) < 4.78 is 1.70. The Hall–Kier alpha value is -2.22. The lowest BCUT2D eigenvalue weighted by atomic mass is 10.2. The Morgan fingerprint density at radius 1 is 1.28 bits per heavy atom. The van der Waals surface area contributed by atoms with Crippen LogP contribution in [-0.4, -0.2) is 68.9 Å². The van der Waals surface area contributed by atoms with Crippen LogP contribution in [0.4, 0.5) is 5.82 Å². The second-order valence-corrected chi connectivity index (χ2v) is 7.15. The number of fused-ring (bicyclic) bond motifs is 1. The molecule has 2 aromatic heterocycles. The monoisotopic (exact) mass is 343 g/mol. The summed E-state index contributed by atoms with van der Waals surface area (Å²) in [6.07, 6.45) is 6.36. The molecule has 134 valence electrons. The van der Waals surface area contributed by atoms with Crippen LogP contribution < -0.4 is 10.2 Å². The molecule has 2 fully saturated rings. The van der Waals surface area contributed by atoms with Crippen molar-refractivity contribution in [1.82, 2.24) is 30.0 Å². The van der Waals surface area contributed by atoms with Crippen LogP contribution in [0.3, 0.4) is 0 Å². The first-order valence-corrected chi connectivity index (χ1v) is 9.14. The van der Waals surface area contributed by atoms with Gasteiger partial charge in [-0.1, -0.05) is 12.8 Å². The SMILES string of the molecule is C[C@H]1CN(CC(=O)NC2CCCC2)CCN1c1ccc2nncn2n1. The molecule has 1 amide bonds. The van der Waals surface area contributed by atoms with E-state index in [1.54, 1.807) is 10.8 Å². The van der Waals surface area contributed by atoms with Crippen molar-refractivity contribution in [3.63, 3.8) is 0 Å². The minimum absolute atomic E-state index is 0.164. The first-order valence-electron chi connectivity index (χ1n) is 9.14. The van der Waals surface area contributed by atoms with Gasteiger partial charge in [-0.3, -0.25) is 9.69 Å². The van der Waals surface area contributed by atoms with E-state index in [1.807, 2.05) is 12.1 Å². The van der Waals surface area contributed by atoms with Gasteiger partial charge in [0, 0.05) is 31.7 Å². The van der Waals surface area contributed by atoms with Crippen LogP contribution in [0.15, 0.2) is 18.5 Å². The summed E-state index contributed by atoms with van der Waals surface area (Å²) in [5.74, 6) is 1.09. The lowest BCUT2D eigenvalue weighted by Gasteiger charge is -2.40. The average molecular weight is 343 g/mol. The number of carbonyl (C=O) groups is 1. The van der Waals surface area contributed by atoms with Crippen molar-refractivity contribution in [2.45, 2.75) is 44.7 Å². The Labute approximate surface area is 147 Å². The van der Waals surface area contributed by atoms with Crippen LogP contribution in [-0.2, 0) is 4.79 Å². The van der Waals surface area contributed by atoms with Crippen molar-refractivity contribution in [2.24, 2.45) is 0 Å². The molecule has 1 saturated carbocycles. The van der Waals surface area contributed by atoms with Gasteiger partial charge in [0.05, 0.1) is 6.54 Å². The van der Waals surface area contributed by atoms with Crippen molar-refractivity contribution in [3.05, 3.63) is 18.5 Å². The fourth-order valence-electron chi connectivity index (χ4n) is 3.94. The van der Waals surface area contributed by atoms with Gasteiger partial charge in [-0.2, -0.15) is 4.52 Å². The minimum atomic E-state index is 0.164. The standard InChI is InChI=1S/C17H25N7O/c1-13-10-22(11-17(25)19-14-4-2-3-5-14)8-9-23(13)16-7-6-15-20-18-12-24(15)21-16/h6-7,12-14H,2-5,8-11H2,1H3,(H,19,25)/t13-/m0/s1. The lowest BCUT2D eigenvalue weighted by molar-refractivity contribution is -0.123. The van der Waals surface area contributed by atoms with E-state index in [0.29, 0.717) is 18.6 Å². The summed E-state index contributed by atoms with van der Waals surface area (Å²) in [5, 5.41) is 15.6. The average Bonchev–Trinajstić information content (AvgIpc) is 3.25. The summed E-state index contributed by atoms with van der Waals surface area (Å²) in [6.45, 7) is 5.26. The third kappa shape index (κ3) is 3.58. The van der Waals surface area contributed by atoms with Crippen molar-refractivity contribution in [3.8, 4) is 0 Å². The normalized spacial score (nSPS) is 22.6. The van der Waals surface area contributed by atoms with E-state index < -0.39 is 0 Å². The number of carbonyl (C=O) groups excluding carboxylic acids is 1. The highest BCUT2D eigenvalue weighted by Gasteiger charge is 2.27. The van der Waals surface area contributed by atoms with Gasteiger partial charge in [0.2, 0.25) is 5.91 Å². The minimum Gasteiger partial charge on any atom is -0.352 e. The van der Waals surface area contributed by atoms with Gasteiger partial charge in [0.15, 0.2) is 5.65 Å². The Morgan fingerprint density at radius 3 is 2.92 bits per heavy atom. The quantitative estimate of drug-likeness (QED) is 0.880. The van der Waals surface area contributed by atoms with Crippen molar-refractivity contribution in [1.29, 1.82) is 0 Å². The first-order chi connectivity index (χ1) is 12.2. The molecule has 2 aromatic rings. The maximum absolute atomic E-state index is 12.2. The molecule has 1 atom stereocenters. The third-order valence-electron chi connectivity index (χ3n) is 5.24. The maximum atomic E-state index is 12.2. The number of aromatic nitrogens is 4. The van der Waals surface area contributed by atoms with E-state index in [-0.39, 0.29) is 5.91 Å². The molecule has 1 saturated heterocycles. The third-order valence-corrected chi connectivity index (χ3v) is 5.24. The number of anilines is 1. The van der Waals surface area contributed by atoms with Gasteiger partial charge in [0.1, 0.15) is 12.1 Å². The van der Waals surface area contributed by atoms with Crippen LogP contribution in [0.5, 0.6) is 0 Å². The first kappa shape index (κ1) is 16.3. The van der Waals surface area contributed by atoms with Gasteiger partial charge in [-0.15, -0.1) is 15.3 Å². The number of piperazine rings is 1. The molecule has 1 aliphatic carbocycles. The van der Waals surface area contributed by atoms with Gasteiger partial charge >= 0.3 is 0 Å². The highest BCUT2D eigenvalue weighted by Crippen LogP contribution is 2.19. The number of nitrogens with zero attached hydrogens (tertiary/aromatic N) is 6. The summed E-state index contributed by atoms with van der Waals surface area (Å²) >= 11 is 0. The molecule has 1 N–H and O–H groups in total. The van der Waals surface area contributed by atoms with Gasteiger partial charge in [0.25, 0.3) is 0 Å². The molecule has 0 unspecified atom stereocenters. The fraction of sp³-hybridized carbons (Fsp3) is 0.647. The Morgan fingerprint density at radius 2 is 2.12 bits per heavy atom. The molecule has 1 aliphatic heterocycles. The second-order valence-electron chi connectivity index (χ2n) is 7.15. The van der Waals surface area contributed by atoms with Gasteiger partial charge < -0.3 is 10.2 Å². The van der Waals surface area contributed by atoms with Crippen molar-refractivity contribution in [2.75, 3.05) is 31.1 Å². The molecule has 2 aliphatic rings.